The van der Waals surface area contributed by atoms with E-state index in [1.54, 1.807) is 36.4 Å². The fourth-order valence-corrected chi connectivity index (χ4v) is 4.80. The van der Waals surface area contributed by atoms with Gasteiger partial charge in [0.1, 0.15) is 0 Å². The van der Waals surface area contributed by atoms with Crippen LogP contribution in [0.15, 0.2) is 91.0 Å². The molecule has 2 amide bonds. The van der Waals surface area contributed by atoms with Gasteiger partial charge < -0.3 is 4.74 Å². The van der Waals surface area contributed by atoms with Gasteiger partial charge in [-0.2, -0.15) is 0 Å². The van der Waals surface area contributed by atoms with Crippen molar-refractivity contribution < 1.29 is 28.8 Å². The van der Waals surface area contributed by atoms with Crippen LogP contribution in [0, 0.1) is 22.0 Å². The molecule has 9 nitrogen and oxygen atoms in total. The van der Waals surface area contributed by atoms with E-state index < -0.39 is 34.6 Å². The summed E-state index contributed by atoms with van der Waals surface area (Å²) in [5, 5.41) is 11.1. The lowest BCUT2D eigenvalue weighted by Gasteiger charge is -2.19. The Kier molecular flexibility index (Phi) is 6.66. The number of non-ortho nitro benzene ring substituents is 1. The highest BCUT2D eigenvalue weighted by Crippen LogP contribution is 2.38. The normalized spacial score (nSPS) is 19.1. The molecule has 0 spiro atoms. The number of hydrogen-bond acceptors (Lipinski definition) is 7. The highest BCUT2D eigenvalue weighted by molar-refractivity contribution is 6.22. The zero-order chi connectivity index (χ0) is 26.8. The lowest BCUT2D eigenvalue weighted by Crippen LogP contribution is -2.31. The Bertz CT molecular complexity index is 1440. The first-order valence-corrected chi connectivity index (χ1v) is 12.0. The van der Waals surface area contributed by atoms with Gasteiger partial charge in [0.15, 0.2) is 6.10 Å². The third kappa shape index (κ3) is 4.61. The van der Waals surface area contributed by atoms with E-state index in [4.69, 9.17) is 4.74 Å². The van der Waals surface area contributed by atoms with E-state index in [0.717, 1.165) is 4.90 Å². The smallest absolute Gasteiger partial charge is 0.339 e. The number of amides is 2. The number of carbonyl (C=O) groups excluding carboxylic acids is 4. The first-order valence-electron chi connectivity index (χ1n) is 12.0. The van der Waals surface area contributed by atoms with Gasteiger partial charge in [0.05, 0.1) is 28.0 Å². The van der Waals surface area contributed by atoms with E-state index in [-0.39, 0.29) is 34.3 Å². The maximum absolute atomic E-state index is 13.3. The summed E-state index contributed by atoms with van der Waals surface area (Å²) in [6.07, 6.45) is 3.40. The van der Waals surface area contributed by atoms with Gasteiger partial charge in [-0.3, -0.25) is 29.4 Å². The van der Waals surface area contributed by atoms with Gasteiger partial charge in [-0.25, -0.2) is 4.79 Å². The van der Waals surface area contributed by atoms with Crippen molar-refractivity contribution in [3.05, 3.63) is 118 Å². The summed E-state index contributed by atoms with van der Waals surface area (Å²) in [6.45, 7) is 0. The van der Waals surface area contributed by atoms with Crippen LogP contribution in [0.3, 0.4) is 0 Å². The summed E-state index contributed by atoms with van der Waals surface area (Å²) < 4.78 is 5.65. The molecule has 0 N–H and O–H groups in total. The first-order chi connectivity index (χ1) is 18.3. The molecule has 0 unspecified atom stereocenters. The van der Waals surface area contributed by atoms with Crippen molar-refractivity contribution in [3.63, 3.8) is 0 Å². The number of benzene rings is 3. The Morgan fingerprint density at radius 2 is 1.45 bits per heavy atom. The Morgan fingerprint density at radius 3 is 2.05 bits per heavy atom. The zero-order valence-electron chi connectivity index (χ0n) is 20.1. The number of nitro groups is 1. The van der Waals surface area contributed by atoms with Crippen LogP contribution in [0.4, 0.5) is 11.4 Å². The molecule has 0 bridgehead atoms. The molecular weight excluding hydrogens is 488 g/mol. The quantitative estimate of drug-likeness (QED) is 0.111. The van der Waals surface area contributed by atoms with Crippen molar-refractivity contribution in [2.24, 2.45) is 11.8 Å². The van der Waals surface area contributed by atoms with E-state index in [1.807, 2.05) is 12.2 Å². The summed E-state index contributed by atoms with van der Waals surface area (Å²) in [5.41, 5.74) is 0.681. The van der Waals surface area contributed by atoms with Crippen LogP contribution in [0.5, 0.6) is 0 Å². The number of fused-ring (bicyclic) bond motifs is 1. The second-order valence-corrected chi connectivity index (χ2v) is 9.08. The van der Waals surface area contributed by atoms with Crippen molar-refractivity contribution in [3.8, 4) is 0 Å². The number of ether oxygens (including phenoxy) is 1. The first kappa shape index (κ1) is 24.8. The molecule has 3 atom stereocenters. The number of anilines is 1. The lowest BCUT2D eigenvalue weighted by molar-refractivity contribution is -0.384. The molecule has 5 rings (SSSR count). The standard InChI is InChI=1S/C29H22N2O7/c32-25(18-7-2-1-3-8-18)26(19-13-15-21(16-14-19)31(36)37)38-29(35)20-9-6-10-22(17-20)30-27(33)23-11-4-5-12-24(23)28(30)34/h1-10,13-17,23-24,26H,11-12H2/t23-,24-,26+/m1/s1. The molecule has 1 heterocycles. The van der Waals surface area contributed by atoms with Gasteiger partial charge in [-0.05, 0) is 43.2 Å². The van der Waals surface area contributed by atoms with Crippen LogP contribution in [0.25, 0.3) is 0 Å². The molecule has 38 heavy (non-hydrogen) atoms. The van der Waals surface area contributed by atoms with Gasteiger partial charge in [0.2, 0.25) is 17.6 Å². The number of imide groups is 1. The van der Waals surface area contributed by atoms with Gasteiger partial charge >= 0.3 is 5.97 Å². The van der Waals surface area contributed by atoms with E-state index >= 15 is 0 Å². The number of Topliss-reactive ketones (excluding diaryl/α,β-unsaturated/α-hetero) is 1. The second kappa shape index (κ2) is 10.2. The molecule has 1 saturated heterocycles. The van der Waals surface area contributed by atoms with Crippen LogP contribution in [-0.4, -0.2) is 28.5 Å². The molecule has 0 aromatic heterocycles. The zero-order valence-corrected chi connectivity index (χ0v) is 20.1. The van der Waals surface area contributed by atoms with Crippen molar-refractivity contribution in [2.45, 2.75) is 18.9 Å². The number of hydrogen-bond donors (Lipinski definition) is 0. The average Bonchev–Trinajstić information content (AvgIpc) is 3.21. The molecule has 1 aliphatic heterocycles. The van der Waals surface area contributed by atoms with Crippen molar-refractivity contribution >= 4 is 34.9 Å². The predicted octanol–water partition coefficient (Wildman–Crippen LogP) is 4.83. The highest BCUT2D eigenvalue weighted by atomic mass is 16.6. The summed E-state index contributed by atoms with van der Waals surface area (Å²) in [7, 11) is 0. The van der Waals surface area contributed by atoms with Gasteiger partial charge in [0.25, 0.3) is 5.69 Å². The van der Waals surface area contributed by atoms with Crippen LogP contribution in [-0.2, 0) is 14.3 Å². The lowest BCUT2D eigenvalue weighted by atomic mass is 9.85. The second-order valence-electron chi connectivity index (χ2n) is 9.08. The number of nitro benzene ring substituents is 1. The maximum Gasteiger partial charge on any atom is 0.339 e. The summed E-state index contributed by atoms with van der Waals surface area (Å²) in [4.78, 5) is 64.1. The highest BCUT2D eigenvalue weighted by Gasteiger charge is 2.48. The molecular formula is C29H22N2O7. The van der Waals surface area contributed by atoms with Crippen molar-refractivity contribution in [2.75, 3.05) is 4.90 Å². The third-order valence-electron chi connectivity index (χ3n) is 6.78. The van der Waals surface area contributed by atoms with Crippen LogP contribution in [0.2, 0.25) is 0 Å². The minimum Gasteiger partial charge on any atom is -0.445 e. The van der Waals surface area contributed by atoms with Gasteiger partial charge in [0, 0.05) is 23.3 Å². The van der Waals surface area contributed by atoms with Crippen molar-refractivity contribution in [1.29, 1.82) is 0 Å². The van der Waals surface area contributed by atoms with Crippen molar-refractivity contribution in [1.82, 2.24) is 0 Å². The minimum atomic E-state index is -1.38. The summed E-state index contributed by atoms with van der Waals surface area (Å²) in [5.74, 6) is -2.81. The fraction of sp³-hybridized carbons (Fsp3) is 0.172. The molecule has 0 saturated carbocycles. The third-order valence-corrected chi connectivity index (χ3v) is 6.78. The maximum atomic E-state index is 13.3. The number of allylic oxidation sites excluding steroid dienone is 2. The van der Waals surface area contributed by atoms with Crippen LogP contribution in [0.1, 0.15) is 45.2 Å². The number of carbonyl (C=O) groups is 4. The SMILES string of the molecule is O=C(O[C@H](C(=O)c1ccccc1)c1ccc([N+](=O)[O-])cc1)c1cccc(N2C(=O)[C@@H]3CC=CC[C@H]3C2=O)c1. The van der Waals surface area contributed by atoms with Gasteiger partial charge in [-0.1, -0.05) is 48.6 Å². The summed E-state index contributed by atoms with van der Waals surface area (Å²) >= 11 is 0. The number of rotatable bonds is 7. The molecule has 1 aliphatic carbocycles. The largest absolute Gasteiger partial charge is 0.445 e. The average molecular weight is 511 g/mol. The minimum absolute atomic E-state index is 0.0453. The number of ketones is 1. The molecule has 3 aromatic rings. The molecule has 3 aromatic carbocycles. The molecule has 1 fully saturated rings. The van der Waals surface area contributed by atoms with Crippen LogP contribution >= 0.6 is 0 Å². The topological polar surface area (TPSA) is 124 Å². The molecule has 190 valence electrons. The van der Waals surface area contributed by atoms with Gasteiger partial charge in [-0.15, -0.1) is 0 Å². The Balaban J connectivity index is 1.43. The van der Waals surface area contributed by atoms with E-state index in [9.17, 15) is 29.3 Å². The predicted molar refractivity (Wildman–Crippen MR) is 136 cm³/mol. The Hall–Kier alpha value is -4.92. The monoisotopic (exact) mass is 510 g/mol. The van der Waals surface area contributed by atoms with E-state index in [1.165, 1.54) is 42.5 Å². The Labute approximate surface area is 217 Å². The molecule has 0 radical (unpaired) electrons. The van der Waals surface area contributed by atoms with Crippen LogP contribution < -0.4 is 4.90 Å². The van der Waals surface area contributed by atoms with E-state index in [2.05, 4.69) is 0 Å². The molecule has 2 aliphatic rings. The number of esters is 1. The number of nitrogens with zero attached hydrogens (tertiary/aromatic N) is 2. The van der Waals surface area contributed by atoms with E-state index in [0.29, 0.717) is 18.4 Å². The fourth-order valence-electron chi connectivity index (χ4n) is 4.80. The Morgan fingerprint density at radius 1 is 0.842 bits per heavy atom. The summed E-state index contributed by atoms with van der Waals surface area (Å²) in [6, 6.07) is 19.4. The molecule has 9 heteroatoms.